The monoisotopic (exact) mass is 251 g/mol. The Bertz CT molecular complexity index is 423. The Morgan fingerprint density at radius 3 is 2.50 bits per heavy atom. The van der Waals surface area contributed by atoms with Gasteiger partial charge in [-0.05, 0) is 18.6 Å². The highest BCUT2D eigenvalue weighted by molar-refractivity contribution is 5.61. The van der Waals surface area contributed by atoms with Gasteiger partial charge in [-0.1, -0.05) is 0 Å². The Balaban J connectivity index is 2.22. The van der Waals surface area contributed by atoms with Crippen molar-refractivity contribution in [2.24, 2.45) is 11.5 Å². The first-order chi connectivity index (χ1) is 8.61. The number of hydrogen-bond acceptors (Lipinski definition) is 5. The standard InChI is InChI=1S/C13H21N3O2/c1-9-5-12-13(18-4-3-17-12)6-11(9)16(2)8-10(15)7-14/h5-6,10H,3-4,7-8,14-15H2,1-2H3. The lowest BCUT2D eigenvalue weighted by Crippen LogP contribution is -2.40. The van der Waals surface area contributed by atoms with Crippen LogP contribution in [0.4, 0.5) is 5.69 Å². The van der Waals surface area contributed by atoms with Crippen molar-refractivity contribution in [3.63, 3.8) is 0 Å². The van der Waals surface area contributed by atoms with Crippen molar-refractivity contribution in [1.29, 1.82) is 0 Å². The molecule has 5 heteroatoms. The molecule has 1 heterocycles. The number of anilines is 1. The average Bonchev–Trinajstić information content (AvgIpc) is 2.37. The molecule has 1 aromatic carbocycles. The molecular weight excluding hydrogens is 230 g/mol. The maximum absolute atomic E-state index is 5.88. The number of rotatable bonds is 4. The van der Waals surface area contributed by atoms with Gasteiger partial charge in [0.1, 0.15) is 13.2 Å². The van der Waals surface area contributed by atoms with E-state index in [1.54, 1.807) is 0 Å². The zero-order valence-corrected chi connectivity index (χ0v) is 11.0. The number of likely N-dealkylation sites (N-methyl/N-ethyl adjacent to an activating group) is 1. The van der Waals surface area contributed by atoms with Gasteiger partial charge in [-0.2, -0.15) is 0 Å². The Hall–Kier alpha value is -1.46. The van der Waals surface area contributed by atoms with Crippen LogP contribution < -0.4 is 25.8 Å². The van der Waals surface area contributed by atoms with Gasteiger partial charge in [-0.3, -0.25) is 0 Å². The number of benzene rings is 1. The molecule has 0 bridgehead atoms. The fourth-order valence-electron chi connectivity index (χ4n) is 2.12. The summed E-state index contributed by atoms with van der Waals surface area (Å²) in [6.45, 7) is 4.46. The van der Waals surface area contributed by atoms with Gasteiger partial charge in [0.15, 0.2) is 11.5 Å². The minimum atomic E-state index is -0.0254. The Morgan fingerprint density at radius 2 is 1.89 bits per heavy atom. The summed E-state index contributed by atoms with van der Waals surface area (Å²) < 4.78 is 11.1. The first kappa shape index (κ1) is 13.0. The lowest BCUT2D eigenvalue weighted by molar-refractivity contribution is 0.171. The molecule has 0 radical (unpaired) electrons. The van der Waals surface area contributed by atoms with Crippen molar-refractivity contribution >= 4 is 5.69 Å². The summed E-state index contributed by atoms with van der Waals surface area (Å²) in [5.74, 6) is 1.62. The summed E-state index contributed by atoms with van der Waals surface area (Å²) in [4.78, 5) is 2.10. The average molecular weight is 251 g/mol. The number of ether oxygens (including phenoxy) is 2. The van der Waals surface area contributed by atoms with Crippen molar-refractivity contribution in [3.8, 4) is 11.5 Å². The molecule has 1 aliphatic rings. The highest BCUT2D eigenvalue weighted by atomic mass is 16.6. The molecular formula is C13H21N3O2. The number of aryl methyl sites for hydroxylation is 1. The van der Waals surface area contributed by atoms with Gasteiger partial charge in [0.25, 0.3) is 0 Å². The predicted molar refractivity (Wildman–Crippen MR) is 72.5 cm³/mol. The maximum atomic E-state index is 5.88. The second-order valence-electron chi connectivity index (χ2n) is 4.66. The fourth-order valence-corrected chi connectivity index (χ4v) is 2.12. The normalized spacial score (nSPS) is 15.3. The largest absolute Gasteiger partial charge is 0.486 e. The van der Waals surface area contributed by atoms with Gasteiger partial charge in [0, 0.05) is 37.9 Å². The van der Waals surface area contributed by atoms with Crippen LogP contribution >= 0.6 is 0 Å². The molecule has 0 aromatic heterocycles. The Labute approximate surface area is 108 Å². The van der Waals surface area contributed by atoms with Crippen LogP contribution in [0.2, 0.25) is 0 Å². The van der Waals surface area contributed by atoms with Gasteiger partial charge < -0.3 is 25.8 Å². The van der Waals surface area contributed by atoms with E-state index in [1.165, 1.54) is 0 Å². The molecule has 18 heavy (non-hydrogen) atoms. The van der Waals surface area contributed by atoms with Crippen LogP contribution in [0.15, 0.2) is 12.1 Å². The fraction of sp³-hybridized carbons (Fsp3) is 0.538. The second kappa shape index (κ2) is 5.46. The summed E-state index contributed by atoms with van der Waals surface area (Å²) in [5, 5.41) is 0. The number of nitrogens with two attached hydrogens (primary N) is 2. The SMILES string of the molecule is Cc1cc2c(cc1N(C)CC(N)CN)OCCO2. The first-order valence-electron chi connectivity index (χ1n) is 6.19. The Kier molecular flexibility index (Phi) is 3.93. The smallest absolute Gasteiger partial charge is 0.163 e. The molecule has 1 atom stereocenters. The summed E-state index contributed by atoms with van der Waals surface area (Å²) in [6.07, 6.45) is 0. The van der Waals surface area contributed by atoms with E-state index in [0.29, 0.717) is 19.8 Å². The zero-order chi connectivity index (χ0) is 13.1. The third-order valence-electron chi connectivity index (χ3n) is 3.08. The van der Waals surface area contributed by atoms with E-state index in [2.05, 4.69) is 11.8 Å². The maximum Gasteiger partial charge on any atom is 0.163 e. The van der Waals surface area contributed by atoms with Gasteiger partial charge >= 0.3 is 0 Å². The van der Waals surface area contributed by atoms with Crippen LogP contribution in [0.25, 0.3) is 0 Å². The minimum absolute atomic E-state index is 0.0254. The van der Waals surface area contributed by atoms with Crippen molar-refractivity contribution in [3.05, 3.63) is 17.7 Å². The van der Waals surface area contributed by atoms with E-state index < -0.39 is 0 Å². The molecule has 5 nitrogen and oxygen atoms in total. The van der Waals surface area contributed by atoms with Gasteiger partial charge in [0.05, 0.1) is 0 Å². The molecule has 2 rings (SSSR count). The molecule has 0 amide bonds. The Morgan fingerprint density at radius 1 is 1.28 bits per heavy atom. The molecule has 1 unspecified atom stereocenters. The van der Waals surface area contributed by atoms with Gasteiger partial charge in [0.2, 0.25) is 0 Å². The third-order valence-corrected chi connectivity index (χ3v) is 3.08. The van der Waals surface area contributed by atoms with Gasteiger partial charge in [-0.15, -0.1) is 0 Å². The highest BCUT2D eigenvalue weighted by Gasteiger charge is 2.16. The van der Waals surface area contributed by atoms with E-state index in [-0.39, 0.29) is 6.04 Å². The number of nitrogens with zero attached hydrogens (tertiary/aromatic N) is 1. The van der Waals surface area contributed by atoms with E-state index in [4.69, 9.17) is 20.9 Å². The molecule has 100 valence electrons. The molecule has 1 aromatic rings. The van der Waals surface area contributed by atoms with Crippen LogP contribution in [0.3, 0.4) is 0 Å². The van der Waals surface area contributed by atoms with Crippen LogP contribution in [0.5, 0.6) is 11.5 Å². The van der Waals surface area contributed by atoms with E-state index in [1.807, 2.05) is 19.2 Å². The number of fused-ring (bicyclic) bond motifs is 1. The number of hydrogen-bond donors (Lipinski definition) is 2. The predicted octanol–water partition coefficient (Wildman–Crippen LogP) is 0.488. The molecule has 0 aliphatic carbocycles. The first-order valence-corrected chi connectivity index (χ1v) is 6.19. The molecule has 0 spiro atoms. The molecule has 0 saturated heterocycles. The minimum Gasteiger partial charge on any atom is -0.486 e. The van der Waals surface area contributed by atoms with Crippen LogP contribution in [-0.2, 0) is 0 Å². The lowest BCUT2D eigenvalue weighted by atomic mass is 10.1. The van der Waals surface area contributed by atoms with Crippen LogP contribution in [0, 0.1) is 6.92 Å². The van der Waals surface area contributed by atoms with Crippen molar-refractivity contribution < 1.29 is 9.47 Å². The van der Waals surface area contributed by atoms with Gasteiger partial charge in [-0.25, -0.2) is 0 Å². The van der Waals surface area contributed by atoms with Crippen molar-refractivity contribution in [2.75, 3.05) is 38.3 Å². The third kappa shape index (κ3) is 2.68. The van der Waals surface area contributed by atoms with Crippen LogP contribution in [0.1, 0.15) is 5.56 Å². The second-order valence-corrected chi connectivity index (χ2v) is 4.66. The van der Waals surface area contributed by atoms with E-state index in [0.717, 1.165) is 29.3 Å². The topological polar surface area (TPSA) is 73.7 Å². The van der Waals surface area contributed by atoms with Crippen LogP contribution in [-0.4, -0.2) is 39.4 Å². The summed E-state index contributed by atoms with van der Waals surface area (Å²) in [7, 11) is 2.01. The zero-order valence-electron chi connectivity index (χ0n) is 11.0. The molecule has 0 saturated carbocycles. The quantitative estimate of drug-likeness (QED) is 0.814. The molecule has 4 N–H and O–H groups in total. The lowest BCUT2D eigenvalue weighted by Gasteiger charge is -2.27. The van der Waals surface area contributed by atoms with E-state index in [9.17, 15) is 0 Å². The van der Waals surface area contributed by atoms with Crippen molar-refractivity contribution in [1.82, 2.24) is 0 Å². The molecule has 0 fully saturated rings. The van der Waals surface area contributed by atoms with Crippen molar-refractivity contribution in [2.45, 2.75) is 13.0 Å². The summed E-state index contributed by atoms with van der Waals surface area (Å²) >= 11 is 0. The summed E-state index contributed by atoms with van der Waals surface area (Å²) in [6, 6.07) is 3.99. The summed E-state index contributed by atoms with van der Waals surface area (Å²) in [5.41, 5.74) is 13.7. The molecule has 1 aliphatic heterocycles. The highest BCUT2D eigenvalue weighted by Crippen LogP contribution is 2.36. The van der Waals surface area contributed by atoms with E-state index >= 15 is 0 Å².